The van der Waals surface area contributed by atoms with Crippen LogP contribution in [0.3, 0.4) is 0 Å². The zero-order chi connectivity index (χ0) is 61.1. The van der Waals surface area contributed by atoms with E-state index in [1.165, 1.54) is 100 Å². The zero-order valence-electron chi connectivity index (χ0n) is 54.4. The predicted molar refractivity (Wildman–Crippen MR) is 375 cm³/mol. The second-order valence-corrected chi connectivity index (χ2v) is 28.7. The van der Waals surface area contributed by atoms with Crippen LogP contribution in [0.15, 0.2) is 186 Å². The molecule has 0 unspecified atom stereocenters. The highest BCUT2D eigenvalue weighted by Gasteiger charge is 2.45. The Morgan fingerprint density at radius 3 is 1.62 bits per heavy atom. The van der Waals surface area contributed by atoms with Gasteiger partial charge in [-0.2, -0.15) is 0 Å². The van der Waals surface area contributed by atoms with Crippen LogP contribution in [0.5, 0.6) is 0 Å². The number of benzene rings is 9. The van der Waals surface area contributed by atoms with Gasteiger partial charge in [-0.15, -0.1) is 0 Å². The van der Waals surface area contributed by atoms with Gasteiger partial charge in [0.1, 0.15) is 11.2 Å². The van der Waals surface area contributed by atoms with Gasteiger partial charge in [-0.1, -0.05) is 211 Å². The Bertz CT molecular complexity index is 4320. The molecule has 0 bridgehead atoms. The van der Waals surface area contributed by atoms with Crippen LogP contribution in [-0.2, 0) is 21.7 Å². The molecule has 86 heavy (non-hydrogen) atoms. The van der Waals surface area contributed by atoms with E-state index in [2.05, 4.69) is 321 Å². The van der Waals surface area contributed by atoms with Crippen molar-refractivity contribution in [1.82, 2.24) is 0 Å². The van der Waals surface area contributed by atoms with E-state index < -0.39 is 0 Å². The lowest BCUT2D eigenvalue weighted by Crippen LogP contribution is -2.61. The third kappa shape index (κ3) is 10.1. The smallest absolute Gasteiger partial charge is 0.252 e. The van der Waals surface area contributed by atoms with Crippen LogP contribution in [0.2, 0.25) is 0 Å². The van der Waals surface area contributed by atoms with Crippen LogP contribution in [0.1, 0.15) is 153 Å². The first-order valence-corrected chi connectivity index (χ1v) is 31.3. The number of allylic oxidation sites excluding steroid dienone is 4. The van der Waals surface area contributed by atoms with Crippen LogP contribution in [0, 0.1) is 27.7 Å². The average Bonchev–Trinajstić information content (AvgIpc) is 0.826. The fourth-order valence-corrected chi connectivity index (χ4v) is 13.7. The summed E-state index contributed by atoms with van der Waals surface area (Å²) in [5.74, 6) is 0. The van der Waals surface area contributed by atoms with Crippen molar-refractivity contribution in [3.05, 3.63) is 232 Å². The molecule has 0 N–H and O–H groups in total. The van der Waals surface area contributed by atoms with Crippen molar-refractivity contribution >= 4 is 102 Å². The summed E-state index contributed by atoms with van der Waals surface area (Å²) in [5, 5.41) is 2.26. The first-order valence-electron chi connectivity index (χ1n) is 31.3. The Hall–Kier alpha value is -8.28. The van der Waals surface area contributed by atoms with Gasteiger partial charge in [-0.3, -0.25) is 0 Å². The maximum atomic E-state index is 6.67. The Balaban J connectivity index is 1.16. The van der Waals surface area contributed by atoms with Gasteiger partial charge < -0.3 is 19.1 Å². The van der Waals surface area contributed by atoms with Gasteiger partial charge in [0.05, 0.1) is 11.4 Å². The van der Waals surface area contributed by atoms with Gasteiger partial charge in [-0.25, -0.2) is 0 Å². The fourth-order valence-electron chi connectivity index (χ4n) is 13.7. The summed E-state index contributed by atoms with van der Waals surface area (Å²) < 4.78 is 6.67. The second-order valence-electron chi connectivity index (χ2n) is 28.7. The molecule has 0 aliphatic carbocycles. The number of nitrogens with zero attached hydrogens (tertiary/aromatic N) is 3. The summed E-state index contributed by atoms with van der Waals surface area (Å²) in [4.78, 5) is 7.80. The van der Waals surface area contributed by atoms with E-state index >= 15 is 0 Å². The minimum absolute atomic E-state index is 0.00505. The fraction of sp³-hybridized carbons (Fsp3) is 0.284. The van der Waals surface area contributed by atoms with Crippen LogP contribution in [0.4, 0.5) is 51.2 Å². The van der Waals surface area contributed by atoms with E-state index in [1.54, 1.807) is 0 Å². The molecule has 0 amide bonds. The lowest BCUT2D eigenvalue weighted by molar-refractivity contribution is 0.588. The summed E-state index contributed by atoms with van der Waals surface area (Å²) >= 11 is 0. The highest BCUT2D eigenvalue weighted by atomic mass is 16.3. The standard InChI is InChI=1S/C81H86BN3O/c1-19-24-54(25-20-2)55-30-35-61(36-31-55)83(75-50(3)42-58(43-51(75)4)79(10,11)12)63-39-41-68-70(49-63)84(62-37-32-56(33-38-62)64-27-23-28-66-65-26-21-22-29-73(65)86-77(64)66)71-47-60(81(16,17)18)48-72-74(71)82(68)67-40-34-57(78(7,8)9)46-69(67)85(72)76-52(5)44-59(45-53(76)6)80(13,14)15/h19,21-49H,20H2,1-18H3/b24-19-,54-25+. The maximum absolute atomic E-state index is 6.67. The first-order chi connectivity index (χ1) is 40.7. The maximum Gasteiger partial charge on any atom is 0.252 e. The quantitative estimate of drug-likeness (QED) is 0.106. The van der Waals surface area contributed by atoms with E-state index in [0.717, 1.165) is 62.2 Å². The topological polar surface area (TPSA) is 22.9 Å². The lowest BCUT2D eigenvalue weighted by Gasteiger charge is -2.46. The number of rotatable bonds is 9. The predicted octanol–water partition coefficient (Wildman–Crippen LogP) is 21.6. The molecule has 0 saturated carbocycles. The number of para-hydroxylation sites is 2. The van der Waals surface area contributed by atoms with Gasteiger partial charge in [0.2, 0.25) is 0 Å². The van der Waals surface area contributed by atoms with Crippen molar-refractivity contribution in [2.75, 3.05) is 14.7 Å². The molecule has 4 nitrogen and oxygen atoms in total. The zero-order valence-corrected chi connectivity index (χ0v) is 54.4. The Kier molecular flexibility index (Phi) is 14.4. The van der Waals surface area contributed by atoms with Gasteiger partial charge in [0, 0.05) is 56.1 Å². The Morgan fingerprint density at radius 2 is 1.02 bits per heavy atom. The van der Waals surface area contributed by atoms with Crippen molar-refractivity contribution in [2.24, 2.45) is 0 Å². The number of anilines is 9. The molecular weight excluding hydrogens is 1040 g/mol. The van der Waals surface area contributed by atoms with Crippen molar-refractivity contribution in [1.29, 1.82) is 0 Å². The number of hydrogen-bond donors (Lipinski definition) is 0. The molecule has 9 aromatic carbocycles. The Labute approximate surface area is 514 Å². The molecule has 10 aromatic rings. The van der Waals surface area contributed by atoms with Crippen molar-refractivity contribution in [2.45, 2.75) is 153 Å². The third-order valence-electron chi connectivity index (χ3n) is 18.3. The van der Waals surface area contributed by atoms with Gasteiger partial charge in [0.25, 0.3) is 6.71 Å². The summed E-state index contributed by atoms with van der Waals surface area (Å²) in [6.45, 7) is 41.6. The third-order valence-corrected chi connectivity index (χ3v) is 18.3. The van der Waals surface area contributed by atoms with Gasteiger partial charge >= 0.3 is 0 Å². The number of furan rings is 1. The monoisotopic (exact) mass is 1130 g/mol. The van der Waals surface area contributed by atoms with E-state index in [9.17, 15) is 0 Å². The molecule has 434 valence electrons. The molecule has 0 saturated heterocycles. The van der Waals surface area contributed by atoms with E-state index in [0.29, 0.717) is 0 Å². The molecule has 2 aliphatic heterocycles. The van der Waals surface area contributed by atoms with Crippen molar-refractivity contribution < 1.29 is 4.42 Å². The highest BCUT2D eigenvalue weighted by Crippen LogP contribution is 2.51. The first kappa shape index (κ1) is 58.1. The average molecular weight is 1130 g/mol. The van der Waals surface area contributed by atoms with Crippen LogP contribution >= 0.6 is 0 Å². The van der Waals surface area contributed by atoms with Crippen molar-refractivity contribution in [3.63, 3.8) is 0 Å². The number of aryl methyl sites for hydroxylation is 4. The van der Waals surface area contributed by atoms with Gasteiger partial charge in [-0.05, 0) is 201 Å². The highest BCUT2D eigenvalue weighted by molar-refractivity contribution is 7.00. The summed E-state index contributed by atoms with van der Waals surface area (Å²) in [6.07, 6.45) is 7.65. The van der Waals surface area contributed by atoms with Crippen molar-refractivity contribution in [3.8, 4) is 11.1 Å². The lowest BCUT2D eigenvalue weighted by atomic mass is 9.33. The molecular formula is C81H86BN3O. The SMILES string of the molecule is C/C=C\C(=C/CC)c1ccc(N(c2ccc3c(c2)N(c2ccc(-c4cccc5c4oc4ccccc45)cc2)c2cc(C(C)(C)C)cc4c2B3c2ccc(C(C)(C)C)cc2N4c2c(C)cc(C(C)(C)C)cc2C)c2c(C)cc(C(C)(C)C)cc2C)cc1. The number of hydrogen-bond acceptors (Lipinski definition) is 4. The molecule has 12 rings (SSSR count). The molecule has 5 heteroatoms. The summed E-state index contributed by atoms with van der Waals surface area (Å²) in [7, 11) is 0. The molecule has 2 aliphatic rings. The van der Waals surface area contributed by atoms with Gasteiger partial charge in [0.15, 0.2) is 0 Å². The van der Waals surface area contributed by atoms with E-state index in [4.69, 9.17) is 4.42 Å². The normalized spacial score (nSPS) is 13.7. The summed E-state index contributed by atoms with van der Waals surface area (Å²) in [6, 6.07) is 63.1. The molecule has 0 fully saturated rings. The number of fused-ring (bicyclic) bond motifs is 7. The molecule has 0 atom stereocenters. The minimum atomic E-state index is -0.195. The largest absolute Gasteiger partial charge is 0.455 e. The van der Waals surface area contributed by atoms with E-state index in [-0.39, 0.29) is 28.4 Å². The molecule has 1 aromatic heterocycles. The van der Waals surface area contributed by atoms with Crippen LogP contribution < -0.4 is 31.1 Å². The minimum Gasteiger partial charge on any atom is -0.455 e. The Morgan fingerprint density at radius 1 is 0.500 bits per heavy atom. The molecule has 0 spiro atoms. The second kappa shape index (κ2) is 21.3. The van der Waals surface area contributed by atoms with E-state index in [1.807, 2.05) is 0 Å². The molecule has 3 heterocycles. The van der Waals surface area contributed by atoms with Crippen LogP contribution in [0.25, 0.3) is 38.6 Å². The van der Waals surface area contributed by atoms with Crippen LogP contribution in [-0.4, -0.2) is 6.71 Å². The summed E-state index contributed by atoms with van der Waals surface area (Å²) in [5.41, 5.74) is 31.0. The molecule has 0 radical (unpaired) electrons.